The molecule has 3 nitrogen and oxygen atoms in total. The molecule has 0 saturated heterocycles. The van der Waals surface area contributed by atoms with Gasteiger partial charge in [-0.15, -0.1) is 6.58 Å². The van der Waals surface area contributed by atoms with Gasteiger partial charge in [-0.1, -0.05) is 63.1 Å². The largest absolute Gasteiger partial charge is 0.296 e. The number of benzene rings is 1. The molecule has 0 unspecified atom stereocenters. The van der Waals surface area contributed by atoms with Crippen LogP contribution in [0.25, 0.3) is 0 Å². The van der Waals surface area contributed by atoms with Gasteiger partial charge in [0.15, 0.2) is 0 Å². The molecule has 3 aliphatic carbocycles. The van der Waals surface area contributed by atoms with Gasteiger partial charge >= 0.3 is 0 Å². The van der Waals surface area contributed by atoms with Crippen molar-refractivity contribution in [3.05, 3.63) is 54.6 Å². The molecule has 0 aromatic heterocycles. The maximum Gasteiger partial charge on any atom is 0.296 e. The van der Waals surface area contributed by atoms with Crippen molar-refractivity contribution < 1.29 is 12.6 Å². The molecule has 5 atom stereocenters. The average Bonchev–Trinajstić information content (AvgIpc) is 2.73. The highest BCUT2D eigenvalue weighted by molar-refractivity contribution is 7.86. The lowest BCUT2D eigenvalue weighted by atomic mass is 9.46. The normalized spacial score (nSPS) is 38.8. The third-order valence-corrected chi connectivity index (χ3v) is 9.80. The molecule has 1 aromatic rings. The number of hydrogen-bond acceptors (Lipinski definition) is 3. The van der Waals surface area contributed by atoms with Crippen molar-refractivity contribution in [2.75, 3.05) is 6.61 Å². The Hall–Kier alpha value is -1.39. The lowest BCUT2D eigenvalue weighted by Crippen LogP contribution is -2.51. The summed E-state index contributed by atoms with van der Waals surface area (Å²) in [6.45, 7) is 11.4. The van der Waals surface area contributed by atoms with E-state index in [1.165, 1.54) is 19.3 Å². The highest BCUT2D eigenvalue weighted by Crippen LogP contribution is 2.63. The quantitative estimate of drug-likeness (QED) is 0.396. The molecule has 0 spiro atoms. The molecular formula is C26H36O3S. The predicted octanol–water partition coefficient (Wildman–Crippen LogP) is 6.53. The van der Waals surface area contributed by atoms with Crippen LogP contribution in [-0.2, 0) is 14.3 Å². The van der Waals surface area contributed by atoms with Crippen LogP contribution in [0.15, 0.2) is 59.5 Å². The SMILES string of the molecule is C=C[C@@]1(C)CC=C2[C@@H](CC[C@@H]3[C@](C)(COS(=O)(=O)c4ccccc4)CCC[C@@]23C)C1. The van der Waals surface area contributed by atoms with Crippen LogP contribution >= 0.6 is 0 Å². The zero-order chi connectivity index (χ0) is 21.6. The van der Waals surface area contributed by atoms with Crippen molar-refractivity contribution in [2.45, 2.75) is 70.6 Å². The van der Waals surface area contributed by atoms with Gasteiger partial charge in [0.05, 0.1) is 11.5 Å². The van der Waals surface area contributed by atoms with Gasteiger partial charge in [0, 0.05) is 0 Å². The molecule has 2 fully saturated rings. The van der Waals surface area contributed by atoms with Crippen LogP contribution in [0.2, 0.25) is 0 Å². The Bertz CT molecular complexity index is 934. The summed E-state index contributed by atoms with van der Waals surface area (Å²) in [6, 6.07) is 8.52. The standard InChI is InChI=1S/C26H36O3S/c1-5-24(2)17-14-22-20(18-24)12-13-23-25(3,15-9-16-26(22,23)4)19-29-30(27,28)21-10-7-6-8-11-21/h5-8,10-11,14,20,23H,1,9,12-13,15-19H2,2-4H3/t20-,23+,24-,25-,26-/m0/s1. The van der Waals surface area contributed by atoms with Crippen LogP contribution in [0.3, 0.4) is 0 Å². The Kier molecular flexibility index (Phi) is 5.55. The zero-order valence-electron chi connectivity index (χ0n) is 18.7. The maximum atomic E-state index is 12.7. The summed E-state index contributed by atoms with van der Waals surface area (Å²) >= 11 is 0. The number of fused-ring (bicyclic) bond motifs is 3. The lowest BCUT2D eigenvalue weighted by molar-refractivity contribution is -0.0490. The van der Waals surface area contributed by atoms with Gasteiger partial charge < -0.3 is 0 Å². The molecule has 0 aliphatic heterocycles. The van der Waals surface area contributed by atoms with Crippen LogP contribution in [0.1, 0.15) is 65.7 Å². The molecule has 0 amide bonds. The molecule has 4 heteroatoms. The smallest absolute Gasteiger partial charge is 0.266 e. The Labute approximate surface area is 182 Å². The van der Waals surface area contributed by atoms with Gasteiger partial charge in [-0.25, -0.2) is 0 Å². The molecule has 4 rings (SSSR count). The summed E-state index contributed by atoms with van der Waals surface area (Å²) in [5, 5.41) is 0. The van der Waals surface area contributed by atoms with Crippen molar-refractivity contribution in [1.29, 1.82) is 0 Å². The summed E-state index contributed by atoms with van der Waals surface area (Å²) in [4.78, 5) is 0.245. The van der Waals surface area contributed by atoms with Gasteiger partial charge in [0.25, 0.3) is 10.1 Å². The summed E-state index contributed by atoms with van der Waals surface area (Å²) in [6.07, 6.45) is 12.6. The first-order valence-electron chi connectivity index (χ1n) is 11.4. The van der Waals surface area contributed by atoms with Crippen molar-refractivity contribution in [3.63, 3.8) is 0 Å². The van der Waals surface area contributed by atoms with Crippen LogP contribution in [-0.4, -0.2) is 15.0 Å². The summed E-state index contributed by atoms with van der Waals surface area (Å²) in [5.74, 6) is 1.10. The Morgan fingerprint density at radius 2 is 1.87 bits per heavy atom. The average molecular weight is 429 g/mol. The highest BCUT2D eigenvalue weighted by Gasteiger charge is 2.55. The van der Waals surface area contributed by atoms with Crippen molar-refractivity contribution >= 4 is 10.1 Å². The van der Waals surface area contributed by atoms with E-state index in [1.807, 2.05) is 6.07 Å². The monoisotopic (exact) mass is 428 g/mol. The minimum Gasteiger partial charge on any atom is -0.266 e. The molecule has 0 N–H and O–H groups in total. The fourth-order valence-electron chi connectivity index (χ4n) is 6.79. The van der Waals surface area contributed by atoms with E-state index < -0.39 is 10.1 Å². The molecule has 30 heavy (non-hydrogen) atoms. The molecule has 0 heterocycles. The van der Waals surface area contributed by atoms with E-state index in [0.717, 1.165) is 25.7 Å². The Morgan fingerprint density at radius 1 is 1.13 bits per heavy atom. The first kappa shape index (κ1) is 21.8. The van der Waals surface area contributed by atoms with Crippen LogP contribution in [0.5, 0.6) is 0 Å². The summed E-state index contributed by atoms with van der Waals surface area (Å²) in [5.41, 5.74) is 1.87. The van der Waals surface area contributed by atoms with E-state index >= 15 is 0 Å². The second-order valence-electron chi connectivity index (χ2n) is 10.7. The van der Waals surface area contributed by atoms with Crippen LogP contribution in [0, 0.1) is 28.1 Å². The molecular weight excluding hydrogens is 392 g/mol. The van der Waals surface area contributed by atoms with E-state index in [2.05, 4.69) is 39.5 Å². The van der Waals surface area contributed by atoms with Gasteiger partial charge in [-0.2, -0.15) is 8.42 Å². The highest BCUT2D eigenvalue weighted by atomic mass is 32.2. The number of hydrogen-bond donors (Lipinski definition) is 0. The second kappa shape index (κ2) is 7.63. The molecule has 1 aromatic carbocycles. The first-order chi connectivity index (χ1) is 14.1. The Morgan fingerprint density at radius 3 is 2.57 bits per heavy atom. The van der Waals surface area contributed by atoms with Gasteiger partial charge in [-0.3, -0.25) is 4.18 Å². The Balaban J connectivity index is 1.57. The minimum atomic E-state index is -3.72. The van der Waals surface area contributed by atoms with E-state index in [1.54, 1.807) is 29.8 Å². The summed E-state index contributed by atoms with van der Waals surface area (Å²) in [7, 11) is -3.72. The minimum absolute atomic E-state index is 0.125. The number of allylic oxidation sites excluding steroid dienone is 3. The fraction of sp³-hybridized carbons (Fsp3) is 0.615. The molecule has 2 saturated carbocycles. The van der Waals surface area contributed by atoms with E-state index in [9.17, 15) is 8.42 Å². The van der Waals surface area contributed by atoms with E-state index in [4.69, 9.17) is 4.18 Å². The van der Waals surface area contributed by atoms with Crippen LogP contribution in [0.4, 0.5) is 0 Å². The maximum absolute atomic E-state index is 12.7. The van der Waals surface area contributed by atoms with E-state index in [-0.39, 0.29) is 27.7 Å². The summed E-state index contributed by atoms with van der Waals surface area (Å²) < 4.78 is 31.2. The molecule has 0 radical (unpaired) electrons. The number of rotatable bonds is 5. The molecule has 164 valence electrons. The van der Waals surface area contributed by atoms with Crippen molar-refractivity contribution in [2.24, 2.45) is 28.1 Å². The molecule has 3 aliphatic rings. The third kappa shape index (κ3) is 3.71. The topological polar surface area (TPSA) is 43.4 Å². The second-order valence-corrected chi connectivity index (χ2v) is 12.3. The van der Waals surface area contributed by atoms with Gasteiger partial charge in [0.2, 0.25) is 0 Å². The van der Waals surface area contributed by atoms with E-state index in [0.29, 0.717) is 11.8 Å². The van der Waals surface area contributed by atoms with Gasteiger partial charge in [-0.05, 0) is 78.7 Å². The lowest BCUT2D eigenvalue weighted by Gasteiger charge is -2.59. The predicted molar refractivity (Wildman–Crippen MR) is 121 cm³/mol. The van der Waals surface area contributed by atoms with Crippen molar-refractivity contribution in [3.8, 4) is 0 Å². The fourth-order valence-corrected chi connectivity index (χ4v) is 7.84. The zero-order valence-corrected chi connectivity index (χ0v) is 19.5. The van der Waals surface area contributed by atoms with Crippen molar-refractivity contribution in [1.82, 2.24) is 0 Å². The van der Waals surface area contributed by atoms with Gasteiger partial charge in [0.1, 0.15) is 0 Å². The first-order valence-corrected chi connectivity index (χ1v) is 12.8. The molecule has 0 bridgehead atoms. The third-order valence-electron chi connectivity index (χ3n) is 8.53. The van der Waals surface area contributed by atoms with Crippen LogP contribution < -0.4 is 0 Å².